The number of carbonyl (C=O) groups is 1. The van der Waals surface area contributed by atoms with Crippen molar-refractivity contribution in [2.75, 3.05) is 42.5 Å². The Bertz CT molecular complexity index is 1050. The van der Waals surface area contributed by atoms with Crippen molar-refractivity contribution in [2.45, 2.75) is 25.8 Å². The van der Waals surface area contributed by atoms with Crippen LogP contribution in [0.5, 0.6) is 0 Å². The number of rotatable bonds is 9. The van der Waals surface area contributed by atoms with Crippen LogP contribution in [0.2, 0.25) is 0 Å². The maximum absolute atomic E-state index is 13.6. The Morgan fingerprint density at radius 1 is 0.758 bits per heavy atom. The molecule has 0 aromatic heterocycles. The molecule has 4 heteroatoms. The van der Waals surface area contributed by atoms with E-state index in [9.17, 15) is 4.79 Å². The van der Waals surface area contributed by atoms with Gasteiger partial charge < -0.3 is 14.7 Å². The third kappa shape index (κ3) is 5.57. The smallest absolute Gasteiger partial charge is 0.242 e. The average Bonchev–Trinajstić information content (AvgIpc) is 3.68. The van der Waals surface area contributed by atoms with Crippen molar-refractivity contribution in [3.8, 4) is 0 Å². The average molecular weight is 440 g/mol. The van der Waals surface area contributed by atoms with Crippen LogP contribution < -0.4 is 9.80 Å². The van der Waals surface area contributed by atoms with Gasteiger partial charge in [-0.2, -0.15) is 0 Å². The zero-order chi connectivity index (χ0) is 22.5. The number of fused-ring (bicyclic) bond motifs is 1. The Kier molecular flexibility index (Phi) is 6.61. The van der Waals surface area contributed by atoms with Gasteiger partial charge in [0, 0.05) is 32.7 Å². The molecule has 0 N–H and O–H groups in total. The van der Waals surface area contributed by atoms with Crippen molar-refractivity contribution >= 4 is 17.3 Å². The molecular weight excluding hydrogens is 406 g/mol. The standard InChI is InChI=1S/C29H33N3O/c33-29(23-31-20-19-30(21-26-15-16-26)27-13-7-8-14-28(27)31)32(22-25-11-5-2-6-12-25)18-17-24-9-3-1-4-10-24/h1-14,26H,15-23H2. The van der Waals surface area contributed by atoms with Crippen molar-refractivity contribution in [3.05, 3.63) is 96.1 Å². The van der Waals surface area contributed by atoms with E-state index in [1.165, 1.54) is 35.3 Å². The Morgan fingerprint density at radius 3 is 2.00 bits per heavy atom. The lowest BCUT2D eigenvalue weighted by atomic mass is 10.1. The molecule has 1 saturated carbocycles. The van der Waals surface area contributed by atoms with E-state index in [1.807, 2.05) is 29.2 Å². The van der Waals surface area contributed by atoms with Crippen LogP contribution in [0.25, 0.3) is 0 Å². The topological polar surface area (TPSA) is 26.8 Å². The SMILES string of the molecule is O=C(CN1CCN(CC2CC2)c2ccccc21)N(CCc1ccccc1)Cc1ccccc1. The summed E-state index contributed by atoms with van der Waals surface area (Å²) in [4.78, 5) is 20.4. The van der Waals surface area contributed by atoms with Crippen LogP contribution >= 0.6 is 0 Å². The van der Waals surface area contributed by atoms with Crippen LogP contribution in [0.1, 0.15) is 24.0 Å². The lowest BCUT2D eigenvalue weighted by Gasteiger charge is -2.39. The molecule has 1 fully saturated rings. The lowest BCUT2D eigenvalue weighted by Crippen LogP contribution is -2.47. The first kappa shape index (κ1) is 21.6. The van der Waals surface area contributed by atoms with Crippen molar-refractivity contribution in [1.29, 1.82) is 0 Å². The van der Waals surface area contributed by atoms with Gasteiger partial charge >= 0.3 is 0 Å². The summed E-state index contributed by atoms with van der Waals surface area (Å²) in [5.41, 5.74) is 4.92. The number of nitrogens with zero attached hydrogens (tertiary/aromatic N) is 3. The maximum Gasteiger partial charge on any atom is 0.242 e. The summed E-state index contributed by atoms with van der Waals surface area (Å²) in [6, 6.07) is 29.4. The molecule has 3 aromatic rings. The molecule has 0 saturated heterocycles. The van der Waals surface area contributed by atoms with Gasteiger partial charge in [0.05, 0.1) is 17.9 Å². The van der Waals surface area contributed by atoms with Gasteiger partial charge in [0.25, 0.3) is 0 Å². The Labute approximate surface area is 197 Å². The van der Waals surface area contributed by atoms with Crippen LogP contribution in [-0.2, 0) is 17.8 Å². The fourth-order valence-corrected chi connectivity index (χ4v) is 4.72. The molecule has 0 radical (unpaired) electrons. The van der Waals surface area contributed by atoms with E-state index in [0.717, 1.165) is 38.5 Å². The number of anilines is 2. The predicted octanol–water partition coefficient (Wildman–Crippen LogP) is 4.99. The highest BCUT2D eigenvalue weighted by Gasteiger charge is 2.30. The fourth-order valence-electron chi connectivity index (χ4n) is 4.72. The molecule has 3 aromatic carbocycles. The van der Waals surface area contributed by atoms with Crippen molar-refractivity contribution in [2.24, 2.45) is 5.92 Å². The van der Waals surface area contributed by atoms with Gasteiger partial charge in [-0.3, -0.25) is 4.79 Å². The van der Waals surface area contributed by atoms with Crippen LogP contribution in [0.15, 0.2) is 84.9 Å². The molecule has 1 heterocycles. The zero-order valence-electron chi connectivity index (χ0n) is 19.3. The minimum Gasteiger partial charge on any atom is -0.368 e. The van der Waals surface area contributed by atoms with E-state index in [0.29, 0.717) is 13.1 Å². The minimum absolute atomic E-state index is 0.195. The molecule has 1 aliphatic carbocycles. The number of carbonyl (C=O) groups excluding carboxylic acids is 1. The summed E-state index contributed by atoms with van der Waals surface area (Å²) in [5.74, 6) is 1.05. The summed E-state index contributed by atoms with van der Waals surface area (Å²) in [5, 5.41) is 0. The number of benzene rings is 3. The number of hydrogen-bond acceptors (Lipinski definition) is 3. The second-order valence-corrected chi connectivity index (χ2v) is 9.34. The molecule has 1 amide bonds. The highest BCUT2D eigenvalue weighted by atomic mass is 16.2. The van der Waals surface area contributed by atoms with Crippen molar-refractivity contribution in [1.82, 2.24) is 4.90 Å². The molecule has 0 bridgehead atoms. The molecule has 0 spiro atoms. The molecule has 0 atom stereocenters. The van der Waals surface area contributed by atoms with Gasteiger partial charge in [0.15, 0.2) is 0 Å². The van der Waals surface area contributed by atoms with Crippen LogP contribution in [0.4, 0.5) is 11.4 Å². The molecule has 170 valence electrons. The Morgan fingerprint density at radius 2 is 1.33 bits per heavy atom. The van der Waals surface area contributed by atoms with Gasteiger partial charge in [-0.15, -0.1) is 0 Å². The first-order chi connectivity index (χ1) is 16.3. The second-order valence-electron chi connectivity index (χ2n) is 9.34. The van der Waals surface area contributed by atoms with E-state index in [1.54, 1.807) is 0 Å². The van der Waals surface area contributed by atoms with Gasteiger partial charge in [0.2, 0.25) is 5.91 Å². The van der Waals surface area contributed by atoms with Crippen molar-refractivity contribution in [3.63, 3.8) is 0 Å². The summed E-state index contributed by atoms with van der Waals surface area (Å²) in [6.45, 7) is 4.83. The van der Waals surface area contributed by atoms with E-state index in [-0.39, 0.29) is 5.91 Å². The van der Waals surface area contributed by atoms with Crippen LogP contribution in [-0.4, -0.2) is 43.5 Å². The molecular formula is C29H33N3O. The third-order valence-electron chi connectivity index (χ3n) is 6.79. The van der Waals surface area contributed by atoms with E-state index in [2.05, 4.69) is 70.5 Å². The first-order valence-electron chi connectivity index (χ1n) is 12.2. The molecule has 1 aliphatic heterocycles. The van der Waals surface area contributed by atoms with Gasteiger partial charge in [0.1, 0.15) is 0 Å². The first-order valence-corrected chi connectivity index (χ1v) is 12.2. The highest BCUT2D eigenvalue weighted by Crippen LogP contribution is 2.37. The van der Waals surface area contributed by atoms with Gasteiger partial charge in [-0.25, -0.2) is 0 Å². The van der Waals surface area contributed by atoms with E-state index in [4.69, 9.17) is 0 Å². The summed E-state index contributed by atoms with van der Waals surface area (Å²) < 4.78 is 0. The Balaban J connectivity index is 1.30. The Hall–Kier alpha value is -3.27. The summed E-state index contributed by atoms with van der Waals surface area (Å²) >= 11 is 0. The fraction of sp³-hybridized carbons (Fsp3) is 0.345. The monoisotopic (exact) mass is 439 g/mol. The second kappa shape index (κ2) is 10.1. The number of amides is 1. The molecule has 5 rings (SSSR count). The largest absolute Gasteiger partial charge is 0.368 e. The molecule has 33 heavy (non-hydrogen) atoms. The van der Waals surface area contributed by atoms with Gasteiger partial charge in [-0.1, -0.05) is 72.8 Å². The highest BCUT2D eigenvalue weighted by molar-refractivity contribution is 5.84. The van der Waals surface area contributed by atoms with E-state index >= 15 is 0 Å². The third-order valence-corrected chi connectivity index (χ3v) is 6.79. The maximum atomic E-state index is 13.6. The van der Waals surface area contributed by atoms with Crippen LogP contribution in [0.3, 0.4) is 0 Å². The van der Waals surface area contributed by atoms with Crippen LogP contribution in [0, 0.1) is 5.92 Å². The lowest BCUT2D eigenvalue weighted by molar-refractivity contribution is -0.130. The number of para-hydroxylation sites is 2. The predicted molar refractivity (Wildman–Crippen MR) is 136 cm³/mol. The zero-order valence-corrected chi connectivity index (χ0v) is 19.3. The molecule has 0 unspecified atom stereocenters. The normalized spacial score (nSPS) is 15.3. The van der Waals surface area contributed by atoms with Gasteiger partial charge in [-0.05, 0) is 48.4 Å². The molecule has 4 nitrogen and oxygen atoms in total. The summed E-state index contributed by atoms with van der Waals surface area (Å²) in [7, 11) is 0. The molecule has 2 aliphatic rings. The number of hydrogen-bond donors (Lipinski definition) is 0. The van der Waals surface area contributed by atoms with Crippen molar-refractivity contribution < 1.29 is 4.79 Å². The minimum atomic E-state index is 0.195. The van der Waals surface area contributed by atoms with E-state index < -0.39 is 0 Å². The quantitative estimate of drug-likeness (QED) is 0.470. The summed E-state index contributed by atoms with van der Waals surface area (Å²) in [6.07, 6.45) is 3.58.